The van der Waals surface area contributed by atoms with Gasteiger partial charge in [-0.15, -0.1) is 0 Å². The summed E-state index contributed by atoms with van der Waals surface area (Å²) in [6, 6.07) is 19.3. The molecule has 4 rings (SSSR count). The summed E-state index contributed by atoms with van der Waals surface area (Å²) in [6.07, 6.45) is 0. The topological polar surface area (TPSA) is 76.7 Å². The lowest BCUT2D eigenvalue weighted by Gasteiger charge is -2.20. The van der Waals surface area contributed by atoms with Crippen molar-refractivity contribution < 1.29 is 19.1 Å². The Morgan fingerprint density at radius 1 is 0.903 bits per heavy atom. The van der Waals surface area contributed by atoms with Crippen LogP contribution in [0, 0.1) is 0 Å². The van der Waals surface area contributed by atoms with Gasteiger partial charge in [-0.3, -0.25) is 9.59 Å². The van der Waals surface area contributed by atoms with E-state index in [0.717, 1.165) is 5.56 Å². The highest BCUT2D eigenvalue weighted by molar-refractivity contribution is 6.34. The number of rotatable bonds is 5. The van der Waals surface area contributed by atoms with E-state index >= 15 is 0 Å². The van der Waals surface area contributed by atoms with Crippen molar-refractivity contribution in [1.29, 1.82) is 0 Å². The standard InChI is InChI=1S/C24H21ClN2O4/c1-15(16-8-10-21-22(14-16)31-12-11-30-21)23(28)27-20-13-17(7-9-19(20)25)24(29)26-18-5-3-2-4-6-18/h2-10,13-15H,11-12H2,1H3,(H,26,29)(H,27,28). The molecule has 0 aliphatic carbocycles. The van der Waals surface area contributed by atoms with E-state index in [1.807, 2.05) is 30.3 Å². The van der Waals surface area contributed by atoms with Crippen molar-refractivity contribution in [2.45, 2.75) is 12.8 Å². The molecule has 1 atom stereocenters. The average molecular weight is 437 g/mol. The molecule has 3 aromatic rings. The number of fused-ring (bicyclic) bond motifs is 1. The molecular formula is C24H21ClN2O4. The number of benzene rings is 3. The molecule has 0 saturated carbocycles. The fourth-order valence-corrected chi connectivity index (χ4v) is 3.37. The summed E-state index contributed by atoms with van der Waals surface area (Å²) in [5, 5.41) is 5.99. The Morgan fingerprint density at radius 2 is 1.65 bits per heavy atom. The lowest BCUT2D eigenvalue weighted by molar-refractivity contribution is -0.117. The fourth-order valence-electron chi connectivity index (χ4n) is 3.21. The molecule has 1 aliphatic rings. The number of ether oxygens (including phenoxy) is 2. The maximum absolute atomic E-state index is 12.9. The van der Waals surface area contributed by atoms with E-state index in [9.17, 15) is 9.59 Å². The fraction of sp³-hybridized carbons (Fsp3) is 0.167. The van der Waals surface area contributed by atoms with Crippen LogP contribution in [-0.2, 0) is 4.79 Å². The van der Waals surface area contributed by atoms with E-state index in [2.05, 4.69) is 10.6 Å². The van der Waals surface area contributed by atoms with Crippen LogP contribution in [0.25, 0.3) is 0 Å². The first-order chi connectivity index (χ1) is 15.0. The van der Waals surface area contributed by atoms with Crippen LogP contribution in [0.2, 0.25) is 5.02 Å². The minimum atomic E-state index is -0.464. The van der Waals surface area contributed by atoms with Gasteiger partial charge in [-0.05, 0) is 55.0 Å². The SMILES string of the molecule is CC(C(=O)Nc1cc(C(=O)Nc2ccccc2)ccc1Cl)c1ccc2c(c1)OCCO2. The van der Waals surface area contributed by atoms with Gasteiger partial charge < -0.3 is 20.1 Å². The quantitative estimate of drug-likeness (QED) is 0.583. The number of amides is 2. The number of carbonyl (C=O) groups excluding carboxylic acids is 2. The molecule has 3 aromatic carbocycles. The first-order valence-corrected chi connectivity index (χ1v) is 10.3. The zero-order valence-electron chi connectivity index (χ0n) is 16.9. The van der Waals surface area contributed by atoms with Crippen LogP contribution in [0.3, 0.4) is 0 Å². The number of anilines is 2. The van der Waals surface area contributed by atoms with Crippen molar-refractivity contribution in [2.24, 2.45) is 0 Å². The highest BCUT2D eigenvalue weighted by Gasteiger charge is 2.20. The van der Waals surface area contributed by atoms with Gasteiger partial charge in [0.25, 0.3) is 5.91 Å². The monoisotopic (exact) mass is 436 g/mol. The second kappa shape index (κ2) is 9.10. The number of nitrogens with one attached hydrogen (secondary N) is 2. The molecule has 1 heterocycles. The van der Waals surface area contributed by atoms with E-state index in [0.29, 0.717) is 46.7 Å². The van der Waals surface area contributed by atoms with Gasteiger partial charge in [0.05, 0.1) is 16.6 Å². The molecule has 7 heteroatoms. The zero-order valence-corrected chi connectivity index (χ0v) is 17.6. The number of halogens is 1. The normalized spacial score (nSPS) is 13.2. The summed E-state index contributed by atoms with van der Waals surface area (Å²) in [7, 11) is 0. The minimum Gasteiger partial charge on any atom is -0.486 e. The summed E-state index contributed by atoms with van der Waals surface area (Å²) in [5.41, 5.74) is 2.23. The molecule has 158 valence electrons. The summed E-state index contributed by atoms with van der Waals surface area (Å²) in [5.74, 6) is 0.287. The number of hydrogen-bond donors (Lipinski definition) is 2. The van der Waals surface area contributed by atoms with Crippen LogP contribution >= 0.6 is 11.6 Å². The molecule has 0 radical (unpaired) electrons. The number of carbonyl (C=O) groups is 2. The Bertz CT molecular complexity index is 1120. The van der Waals surface area contributed by atoms with Crippen molar-refractivity contribution >= 4 is 34.8 Å². The number of hydrogen-bond acceptors (Lipinski definition) is 4. The molecule has 6 nitrogen and oxygen atoms in total. The van der Waals surface area contributed by atoms with Crippen molar-refractivity contribution in [3.8, 4) is 11.5 Å². The molecule has 0 fully saturated rings. The third-order valence-corrected chi connectivity index (χ3v) is 5.31. The second-order valence-corrected chi connectivity index (χ2v) is 7.54. The Hall–Kier alpha value is -3.51. The zero-order chi connectivity index (χ0) is 21.8. The third-order valence-electron chi connectivity index (χ3n) is 4.98. The summed E-state index contributed by atoms with van der Waals surface area (Å²) in [4.78, 5) is 25.4. The minimum absolute atomic E-state index is 0.251. The molecule has 2 amide bonds. The van der Waals surface area contributed by atoms with Gasteiger partial charge in [0.1, 0.15) is 13.2 Å². The molecule has 2 N–H and O–H groups in total. The van der Waals surface area contributed by atoms with Crippen LogP contribution in [0.15, 0.2) is 66.7 Å². The van der Waals surface area contributed by atoms with Gasteiger partial charge in [0.2, 0.25) is 5.91 Å². The van der Waals surface area contributed by atoms with Crippen LogP contribution in [0.1, 0.15) is 28.8 Å². The smallest absolute Gasteiger partial charge is 0.255 e. The van der Waals surface area contributed by atoms with E-state index < -0.39 is 5.92 Å². The van der Waals surface area contributed by atoms with Gasteiger partial charge in [-0.1, -0.05) is 35.9 Å². The molecule has 31 heavy (non-hydrogen) atoms. The summed E-state index contributed by atoms with van der Waals surface area (Å²) >= 11 is 6.27. The van der Waals surface area contributed by atoms with Crippen LogP contribution < -0.4 is 20.1 Å². The van der Waals surface area contributed by atoms with E-state index in [1.165, 1.54) is 0 Å². The number of para-hydroxylation sites is 1. The van der Waals surface area contributed by atoms with E-state index in [4.69, 9.17) is 21.1 Å². The Kier molecular flexibility index (Phi) is 6.09. The van der Waals surface area contributed by atoms with Crippen LogP contribution in [0.5, 0.6) is 11.5 Å². The van der Waals surface area contributed by atoms with Gasteiger partial charge in [0.15, 0.2) is 11.5 Å². The predicted octanol–water partition coefficient (Wildman–Crippen LogP) is 5.11. The predicted molar refractivity (Wildman–Crippen MR) is 120 cm³/mol. The maximum Gasteiger partial charge on any atom is 0.255 e. The van der Waals surface area contributed by atoms with E-state index in [-0.39, 0.29) is 11.8 Å². The van der Waals surface area contributed by atoms with Crippen LogP contribution in [-0.4, -0.2) is 25.0 Å². The van der Waals surface area contributed by atoms with E-state index in [1.54, 1.807) is 43.3 Å². The van der Waals surface area contributed by atoms with Crippen molar-refractivity contribution in [3.05, 3.63) is 82.9 Å². The third kappa shape index (κ3) is 4.81. The van der Waals surface area contributed by atoms with Gasteiger partial charge >= 0.3 is 0 Å². The molecule has 0 saturated heterocycles. The molecule has 0 spiro atoms. The Labute approximate surface area is 185 Å². The lowest BCUT2D eigenvalue weighted by atomic mass is 9.99. The molecule has 1 aliphatic heterocycles. The summed E-state index contributed by atoms with van der Waals surface area (Å²) in [6.45, 7) is 2.78. The maximum atomic E-state index is 12.9. The Balaban J connectivity index is 1.48. The van der Waals surface area contributed by atoms with Crippen molar-refractivity contribution in [3.63, 3.8) is 0 Å². The average Bonchev–Trinajstić information content (AvgIpc) is 2.80. The van der Waals surface area contributed by atoms with Gasteiger partial charge in [-0.2, -0.15) is 0 Å². The lowest BCUT2D eigenvalue weighted by Crippen LogP contribution is -2.20. The van der Waals surface area contributed by atoms with Gasteiger partial charge in [0, 0.05) is 11.3 Å². The molecular weight excluding hydrogens is 416 g/mol. The van der Waals surface area contributed by atoms with Gasteiger partial charge in [-0.25, -0.2) is 0 Å². The highest BCUT2D eigenvalue weighted by atomic mass is 35.5. The van der Waals surface area contributed by atoms with Crippen LogP contribution in [0.4, 0.5) is 11.4 Å². The molecule has 0 bridgehead atoms. The first-order valence-electron chi connectivity index (χ1n) is 9.87. The highest BCUT2D eigenvalue weighted by Crippen LogP contribution is 2.34. The first kappa shape index (κ1) is 20.8. The van der Waals surface area contributed by atoms with Crippen molar-refractivity contribution in [1.82, 2.24) is 0 Å². The molecule has 1 unspecified atom stereocenters. The molecule has 0 aromatic heterocycles. The summed E-state index contributed by atoms with van der Waals surface area (Å²) < 4.78 is 11.1. The largest absolute Gasteiger partial charge is 0.486 e. The second-order valence-electron chi connectivity index (χ2n) is 7.13. The van der Waals surface area contributed by atoms with Crippen molar-refractivity contribution in [2.75, 3.05) is 23.8 Å². The Morgan fingerprint density at radius 3 is 2.42 bits per heavy atom.